The summed E-state index contributed by atoms with van der Waals surface area (Å²) in [6, 6.07) is 24.7. The first-order valence-electron chi connectivity index (χ1n) is 12.7. The van der Waals surface area contributed by atoms with Gasteiger partial charge >= 0.3 is 0 Å². The van der Waals surface area contributed by atoms with Gasteiger partial charge in [-0.3, -0.25) is 4.98 Å². The molecular weight excluding hydrogens is 498 g/mol. The van der Waals surface area contributed by atoms with Crippen molar-refractivity contribution in [2.45, 2.75) is 39.3 Å². The average Bonchev–Trinajstić information content (AvgIpc) is 3.39. The number of anilines is 1. The van der Waals surface area contributed by atoms with Crippen LogP contribution in [-0.2, 0) is 0 Å². The molecule has 1 aliphatic heterocycles. The van der Waals surface area contributed by atoms with Crippen molar-refractivity contribution in [3.8, 4) is 5.69 Å². The molecule has 37 heavy (non-hydrogen) atoms. The lowest BCUT2D eigenvalue weighted by Crippen LogP contribution is -2.31. The monoisotopic (exact) mass is 529 g/mol. The summed E-state index contributed by atoms with van der Waals surface area (Å²) < 4.78 is 2.31. The minimum absolute atomic E-state index is 0.0264. The molecule has 0 spiro atoms. The van der Waals surface area contributed by atoms with Crippen molar-refractivity contribution in [3.05, 3.63) is 112 Å². The Labute approximate surface area is 229 Å². The summed E-state index contributed by atoms with van der Waals surface area (Å²) in [6.45, 7) is 8.12. The summed E-state index contributed by atoms with van der Waals surface area (Å²) in [5.74, 6) is 0. The Morgan fingerprint density at radius 3 is 2.54 bits per heavy atom. The maximum absolute atomic E-state index is 6.50. The lowest BCUT2D eigenvalue weighted by atomic mass is 9.96. The standard InChI is InChI=1S/C30H32ClN5S/c1-20-19-24(22(3)36(20)27-15-9-13-25(31)21(27)2)29-28(26-14-7-8-16-33-26)34-30(37)35(29)18-10-17-32-23-11-5-4-6-12-23/h4-9,11-16,19,28-29,32H,10,17-18H2,1-3H3,(H,34,37)/t28-,29-/m1/s1. The third-order valence-corrected chi connectivity index (χ3v) is 7.91. The van der Waals surface area contributed by atoms with E-state index in [0.717, 1.165) is 52.3 Å². The fourth-order valence-corrected chi connectivity index (χ4v) is 5.82. The Hall–Kier alpha value is -3.35. The largest absolute Gasteiger partial charge is 0.385 e. The normalized spacial score (nSPS) is 17.2. The number of halogens is 1. The first-order valence-corrected chi connectivity index (χ1v) is 13.5. The van der Waals surface area contributed by atoms with Crippen LogP contribution >= 0.6 is 23.8 Å². The number of hydrogen-bond donors (Lipinski definition) is 2. The Morgan fingerprint density at radius 1 is 1.00 bits per heavy atom. The molecule has 0 bridgehead atoms. The Bertz CT molecular complexity index is 1390. The Morgan fingerprint density at radius 2 is 1.78 bits per heavy atom. The number of aromatic nitrogens is 2. The van der Waals surface area contributed by atoms with Crippen LogP contribution in [0.25, 0.3) is 5.69 Å². The van der Waals surface area contributed by atoms with Gasteiger partial charge < -0.3 is 20.1 Å². The van der Waals surface area contributed by atoms with E-state index in [1.54, 1.807) is 0 Å². The van der Waals surface area contributed by atoms with Gasteiger partial charge in [0, 0.05) is 47.1 Å². The van der Waals surface area contributed by atoms with Gasteiger partial charge in [0.2, 0.25) is 0 Å². The molecule has 1 fully saturated rings. The number of rotatable bonds is 8. The van der Waals surface area contributed by atoms with Crippen molar-refractivity contribution in [2.24, 2.45) is 0 Å². The second-order valence-corrected chi connectivity index (χ2v) is 10.3. The summed E-state index contributed by atoms with van der Waals surface area (Å²) >= 11 is 12.4. The minimum atomic E-state index is -0.0369. The van der Waals surface area contributed by atoms with Crippen LogP contribution < -0.4 is 10.6 Å². The van der Waals surface area contributed by atoms with Crippen LogP contribution in [0, 0.1) is 20.8 Å². The molecule has 2 aromatic carbocycles. The van der Waals surface area contributed by atoms with Gasteiger partial charge in [0.15, 0.2) is 5.11 Å². The zero-order valence-corrected chi connectivity index (χ0v) is 23.0. The fourth-order valence-electron chi connectivity index (χ4n) is 5.32. The molecular formula is C30H32ClN5S. The smallest absolute Gasteiger partial charge is 0.170 e. The van der Waals surface area contributed by atoms with Gasteiger partial charge in [-0.1, -0.05) is 41.9 Å². The fraction of sp³-hybridized carbons (Fsp3) is 0.267. The second kappa shape index (κ2) is 11.0. The number of thiocarbonyl (C=S) groups is 1. The van der Waals surface area contributed by atoms with Crippen LogP contribution in [0.15, 0.2) is 79.0 Å². The van der Waals surface area contributed by atoms with Gasteiger partial charge in [-0.25, -0.2) is 0 Å². The molecule has 2 aromatic heterocycles. The average molecular weight is 530 g/mol. The molecule has 3 heterocycles. The van der Waals surface area contributed by atoms with Gasteiger partial charge in [0.25, 0.3) is 0 Å². The SMILES string of the molecule is Cc1c(Cl)cccc1-n1c(C)cc([C@@H]2[C@@H](c3ccccn3)NC(=S)N2CCCNc2ccccc2)c1C. The van der Waals surface area contributed by atoms with Crippen molar-refractivity contribution >= 4 is 34.6 Å². The number of nitrogens with one attached hydrogen (secondary N) is 2. The van der Waals surface area contributed by atoms with Gasteiger partial charge in [-0.15, -0.1) is 0 Å². The Kier molecular flexibility index (Phi) is 7.49. The number of hydrogen-bond acceptors (Lipinski definition) is 3. The molecule has 5 rings (SSSR count). The summed E-state index contributed by atoms with van der Waals surface area (Å²) in [4.78, 5) is 7.03. The summed E-state index contributed by atoms with van der Waals surface area (Å²) in [5.41, 5.74) is 7.90. The molecule has 4 aromatic rings. The van der Waals surface area contributed by atoms with E-state index >= 15 is 0 Å². The molecule has 0 aliphatic carbocycles. The van der Waals surface area contributed by atoms with Crippen LogP contribution in [-0.4, -0.2) is 32.7 Å². The molecule has 0 saturated carbocycles. The third kappa shape index (κ3) is 5.09. The zero-order valence-electron chi connectivity index (χ0n) is 21.4. The highest BCUT2D eigenvalue weighted by atomic mass is 35.5. The van der Waals surface area contributed by atoms with E-state index in [1.807, 2.05) is 48.7 Å². The highest BCUT2D eigenvalue weighted by Crippen LogP contribution is 2.41. The molecule has 0 amide bonds. The summed E-state index contributed by atoms with van der Waals surface area (Å²) in [5, 5.41) is 8.65. The van der Waals surface area contributed by atoms with E-state index in [1.165, 1.54) is 17.0 Å². The maximum Gasteiger partial charge on any atom is 0.170 e. The number of aryl methyl sites for hydroxylation is 1. The van der Waals surface area contributed by atoms with Crippen LogP contribution in [0.5, 0.6) is 0 Å². The molecule has 1 aliphatic rings. The third-order valence-electron chi connectivity index (χ3n) is 7.15. The van der Waals surface area contributed by atoms with Crippen molar-refractivity contribution in [3.63, 3.8) is 0 Å². The minimum Gasteiger partial charge on any atom is -0.385 e. The number of para-hydroxylation sites is 1. The predicted octanol–water partition coefficient (Wildman–Crippen LogP) is 6.93. The molecule has 0 unspecified atom stereocenters. The van der Waals surface area contributed by atoms with Crippen LogP contribution in [0.3, 0.4) is 0 Å². The molecule has 2 N–H and O–H groups in total. The van der Waals surface area contributed by atoms with E-state index in [9.17, 15) is 0 Å². The molecule has 5 nitrogen and oxygen atoms in total. The molecule has 1 saturated heterocycles. The number of nitrogens with zero attached hydrogens (tertiary/aromatic N) is 3. The summed E-state index contributed by atoms with van der Waals surface area (Å²) in [7, 11) is 0. The topological polar surface area (TPSA) is 45.1 Å². The molecule has 2 atom stereocenters. The molecule has 190 valence electrons. The van der Waals surface area contributed by atoms with E-state index in [0.29, 0.717) is 0 Å². The summed E-state index contributed by atoms with van der Waals surface area (Å²) in [6.07, 6.45) is 2.80. The molecule has 0 radical (unpaired) electrons. The second-order valence-electron chi connectivity index (χ2n) is 9.51. The highest BCUT2D eigenvalue weighted by molar-refractivity contribution is 7.80. The van der Waals surface area contributed by atoms with Crippen LogP contribution in [0.2, 0.25) is 5.02 Å². The lowest BCUT2D eigenvalue weighted by molar-refractivity contribution is 0.315. The number of pyridine rings is 1. The van der Waals surface area contributed by atoms with Crippen molar-refractivity contribution in [1.82, 2.24) is 19.8 Å². The quantitative estimate of drug-likeness (QED) is 0.191. The van der Waals surface area contributed by atoms with Crippen LogP contribution in [0.1, 0.15) is 46.7 Å². The first-order chi connectivity index (χ1) is 18.0. The Balaban J connectivity index is 1.48. The van der Waals surface area contributed by atoms with Gasteiger partial charge in [0.05, 0.1) is 17.8 Å². The molecule has 7 heteroatoms. The van der Waals surface area contributed by atoms with E-state index in [4.69, 9.17) is 28.8 Å². The van der Waals surface area contributed by atoms with Crippen molar-refractivity contribution in [1.29, 1.82) is 0 Å². The van der Waals surface area contributed by atoms with Gasteiger partial charge in [-0.05, 0) is 93.0 Å². The van der Waals surface area contributed by atoms with E-state index in [2.05, 4.69) is 71.2 Å². The van der Waals surface area contributed by atoms with E-state index in [-0.39, 0.29) is 12.1 Å². The lowest BCUT2D eigenvalue weighted by Gasteiger charge is -2.28. The van der Waals surface area contributed by atoms with Crippen LogP contribution in [0.4, 0.5) is 5.69 Å². The van der Waals surface area contributed by atoms with Crippen molar-refractivity contribution in [2.75, 3.05) is 18.4 Å². The van der Waals surface area contributed by atoms with Crippen molar-refractivity contribution < 1.29 is 0 Å². The van der Waals surface area contributed by atoms with Gasteiger partial charge in [-0.2, -0.15) is 0 Å². The zero-order chi connectivity index (χ0) is 25.9. The highest BCUT2D eigenvalue weighted by Gasteiger charge is 2.41. The maximum atomic E-state index is 6.50. The predicted molar refractivity (Wildman–Crippen MR) is 157 cm³/mol. The first kappa shape index (κ1) is 25.3. The van der Waals surface area contributed by atoms with E-state index < -0.39 is 0 Å². The van der Waals surface area contributed by atoms with Gasteiger partial charge in [0.1, 0.15) is 0 Å². The number of benzene rings is 2.